The summed E-state index contributed by atoms with van der Waals surface area (Å²) >= 11 is 0. The molecule has 0 saturated carbocycles. The lowest BCUT2D eigenvalue weighted by Crippen LogP contribution is -2.49. The molecule has 2 aliphatic rings. The molecular formula is C22H27F3N4O4. The number of carboxylic acids is 1. The van der Waals surface area contributed by atoms with Crippen LogP contribution in [0.4, 0.5) is 13.2 Å². The van der Waals surface area contributed by atoms with E-state index in [1.165, 1.54) is 5.56 Å². The number of rotatable bonds is 4. The van der Waals surface area contributed by atoms with Gasteiger partial charge in [-0.25, -0.2) is 4.79 Å². The molecule has 4 rings (SSSR count). The number of alkyl halides is 3. The number of nitrogens with one attached hydrogen (secondary N) is 1. The van der Waals surface area contributed by atoms with Crippen LogP contribution in [0.25, 0.3) is 0 Å². The number of hydrogen-bond acceptors (Lipinski definition) is 5. The second kappa shape index (κ2) is 10.3. The number of carbonyl (C=O) groups excluding carboxylic acids is 1. The van der Waals surface area contributed by atoms with Crippen molar-refractivity contribution in [3.63, 3.8) is 0 Å². The number of benzene rings is 1. The highest BCUT2D eigenvalue weighted by Gasteiger charge is 2.43. The molecule has 0 aliphatic carbocycles. The lowest BCUT2D eigenvalue weighted by atomic mass is 9.89. The van der Waals surface area contributed by atoms with Gasteiger partial charge in [0, 0.05) is 45.5 Å². The maximum atomic E-state index is 12.4. The molecular weight excluding hydrogens is 441 g/mol. The van der Waals surface area contributed by atoms with Crippen molar-refractivity contribution in [1.82, 2.24) is 20.0 Å². The molecule has 8 nitrogen and oxygen atoms in total. The number of nitrogens with zero attached hydrogens (tertiary/aromatic N) is 3. The summed E-state index contributed by atoms with van der Waals surface area (Å²) in [5.74, 6) is -2.80. The summed E-state index contributed by atoms with van der Waals surface area (Å²) in [7, 11) is 1.82. The van der Waals surface area contributed by atoms with Crippen molar-refractivity contribution in [2.45, 2.75) is 43.6 Å². The van der Waals surface area contributed by atoms with Crippen LogP contribution in [-0.4, -0.2) is 69.2 Å². The molecule has 2 N–H and O–H groups in total. The van der Waals surface area contributed by atoms with Gasteiger partial charge < -0.3 is 15.2 Å². The van der Waals surface area contributed by atoms with Gasteiger partial charge in [0.25, 0.3) is 5.91 Å². The molecule has 11 heteroatoms. The van der Waals surface area contributed by atoms with E-state index in [1.54, 1.807) is 17.1 Å². The van der Waals surface area contributed by atoms with E-state index >= 15 is 0 Å². The topological polar surface area (TPSA) is 96.7 Å². The maximum absolute atomic E-state index is 12.4. The van der Waals surface area contributed by atoms with Crippen molar-refractivity contribution in [3.05, 3.63) is 53.9 Å². The van der Waals surface area contributed by atoms with Gasteiger partial charge in [-0.2, -0.15) is 18.3 Å². The van der Waals surface area contributed by atoms with Gasteiger partial charge in [0.1, 0.15) is 0 Å². The van der Waals surface area contributed by atoms with E-state index in [0.29, 0.717) is 12.2 Å². The van der Waals surface area contributed by atoms with Crippen molar-refractivity contribution in [2.75, 3.05) is 19.7 Å². The molecule has 2 saturated heterocycles. The largest absolute Gasteiger partial charge is 0.490 e. The van der Waals surface area contributed by atoms with Crippen molar-refractivity contribution in [1.29, 1.82) is 0 Å². The lowest BCUT2D eigenvalue weighted by molar-refractivity contribution is -0.192. The third kappa shape index (κ3) is 7.03. The van der Waals surface area contributed by atoms with Crippen molar-refractivity contribution < 1.29 is 32.6 Å². The molecule has 1 amide bonds. The fourth-order valence-corrected chi connectivity index (χ4v) is 4.15. The predicted octanol–water partition coefficient (Wildman–Crippen LogP) is 2.61. The van der Waals surface area contributed by atoms with Crippen molar-refractivity contribution >= 4 is 11.9 Å². The molecule has 1 spiro atoms. The van der Waals surface area contributed by atoms with Gasteiger partial charge in [-0.3, -0.25) is 14.4 Å². The maximum Gasteiger partial charge on any atom is 0.490 e. The molecule has 2 atom stereocenters. The number of ether oxygens (including phenoxy) is 1. The van der Waals surface area contributed by atoms with Crippen LogP contribution in [-0.2, 0) is 23.1 Å². The Balaban J connectivity index is 0.000000383. The molecule has 0 radical (unpaired) electrons. The van der Waals surface area contributed by atoms with Crippen LogP contribution in [0.2, 0.25) is 0 Å². The van der Waals surface area contributed by atoms with Crippen LogP contribution in [0.3, 0.4) is 0 Å². The molecule has 2 fully saturated rings. The molecule has 0 unspecified atom stereocenters. The highest BCUT2D eigenvalue weighted by molar-refractivity contribution is 5.93. The third-order valence-corrected chi connectivity index (χ3v) is 5.68. The Hall–Kier alpha value is -2.92. The van der Waals surface area contributed by atoms with E-state index in [2.05, 4.69) is 45.6 Å². The number of hydrogen-bond donors (Lipinski definition) is 2. The minimum absolute atomic E-state index is 0.0423. The van der Waals surface area contributed by atoms with Crippen LogP contribution < -0.4 is 5.32 Å². The average molecular weight is 468 g/mol. The third-order valence-electron chi connectivity index (χ3n) is 5.68. The van der Waals surface area contributed by atoms with Crippen LogP contribution in [0.1, 0.15) is 35.2 Å². The zero-order valence-corrected chi connectivity index (χ0v) is 18.2. The van der Waals surface area contributed by atoms with Gasteiger partial charge in [0.15, 0.2) is 0 Å². The second-order valence-corrected chi connectivity index (χ2v) is 8.35. The number of carbonyl (C=O) groups is 2. The summed E-state index contributed by atoms with van der Waals surface area (Å²) in [4.78, 5) is 23.8. The molecule has 33 heavy (non-hydrogen) atoms. The molecule has 0 bridgehead atoms. The molecule has 3 heterocycles. The normalized spacial score (nSPS) is 23.1. The SMILES string of the molecule is Cn1cc(C(=O)N[C@H]2CCO[C@]3(CCN(Cc4ccccc4)C3)C2)cn1.O=C(O)C(F)(F)F. The zero-order valence-electron chi connectivity index (χ0n) is 18.2. The Morgan fingerprint density at radius 1 is 1.30 bits per heavy atom. The number of halogens is 3. The fraction of sp³-hybridized carbons (Fsp3) is 0.500. The Kier molecular flexibility index (Phi) is 7.75. The first-order valence-corrected chi connectivity index (χ1v) is 10.6. The predicted molar refractivity (Wildman–Crippen MR) is 112 cm³/mol. The van der Waals surface area contributed by atoms with E-state index < -0.39 is 12.1 Å². The summed E-state index contributed by atoms with van der Waals surface area (Å²) in [6.07, 6.45) is 1.05. The van der Waals surface area contributed by atoms with Gasteiger partial charge in [-0.1, -0.05) is 30.3 Å². The standard InChI is InChI=1S/C20H26N4O2.C2HF3O2/c1-23-14-17(12-21-23)19(25)22-18-7-10-26-20(11-18)8-9-24(15-20)13-16-5-3-2-4-6-16;3-2(4,5)1(6)7/h2-6,12,14,18H,7-11,13,15H2,1H3,(H,22,25);(H,6,7)/t18-,20+;/m0./s1. The highest BCUT2D eigenvalue weighted by atomic mass is 19.4. The van der Waals surface area contributed by atoms with Gasteiger partial charge in [0.05, 0.1) is 17.4 Å². The Labute approximate surface area is 189 Å². The number of aryl methyl sites for hydroxylation is 1. The van der Waals surface area contributed by atoms with E-state index in [1.807, 2.05) is 7.05 Å². The van der Waals surface area contributed by atoms with Gasteiger partial charge in [0.2, 0.25) is 0 Å². The van der Waals surface area contributed by atoms with Gasteiger partial charge in [-0.15, -0.1) is 0 Å². The van der Waals surface area contributed by atoms with E-state index in [4.69, 9.17) is 14.6 Å². The Morgan fingerprint density at radius 2 is 2.00 bits per heavy atom. The first kappa shape index (κ1) is 24.7. The number of carboxylic acid groups (broad SMARTS) is 1. The number of amides is 1. The average Bonchev–Trinajstić information content (AvgIpc) is 3.35. The number of aliphatic carboxylic acids is 1. The molecule has 2 aromatic rings. The lowest BCUT2D eigenvalue weighted by Gasteiger charge is -2.38. The summed E-state index contributed by atoms with van der Waals surface area (Å²) in [5, 5.41) is 14.4. The molecule has 1 aromatic carbocycles. The first-order valence-electron chi connectivity index (χ1n) is 10.6. The molecule has 180 valence electrons. The van der Waals surface area contributed by atoms with Crippen LogP contribution in [0, 0.1) is 0 Å². The van der Waals surface area contributed by atoms with Crippen LogP contribution in [0.5, 0.6) is 0 Å². The van der Waals surface area contributed by atoms with Crippen molar-refractivity contribution in [2.24, 2.45) is 7.05 Å². The zero-order chi connectivity index (χ0) is 24.1. The molecule has 2 aliphatic heterocycles. The second-order valence-electron chi connectivity index (χ2n) is 8.35. The smallest absolute Gasteiger partial charge is 0.475 e. The number of likely N-dealkylation sites (tertiary alicyclic amines) is 1. The van der Waals surface area contributed by atoms with Crippen molar-refractivity contribution in [3.8, 4) is 0 Å². The minimum Gasteiger partial charge on any atom is -0.475 e. The first-order chi connectivity index (χ1) is 15.6. The van der Waals surface area contributed by atoms with Crippen LogP contribution in [0.15, 0.2) is 42.7 Å². The van der Waals surface area contributed by atoms with Crippen LogP contribution >= 0.6 is 0 Å². The summed E-state index contributed by atoms with van der Waals surface area (Å²) in [6, 6.07) is 10.7. The van der Waals surface area contributed by atoms with Gasteiger partial charge in [-0.05, 0) is 24.8 Å². The Bertz CT molecular complexity index is 951. The van der Waals surface area contributed by atoms with E-state index in [-0.39, 0.29) is 17.6 Å². The highest BCUT2D eigenvalue weighted by Crippen LogP contribution is 2.35. The van der Waals surface area contributed by atoms with Gasteiger partial charge >= 0.3 is 12.1 Å². The minimum atomic E-state index is -5.08. The fourth-order valence-electron chi connectivity index (χ4n) is 4.15. The Morgan fingerprint density at radius 3 is 2.61 bits per heavy atom. The summed E-state index contributed by atoms with van der Waals surface area (Å²) in [6.45, 7) is 3.63. The summed E-state index contributed by atoms with van der Waals surface area (Å²) in [5.41, 5.74) is 1.83. The quantitative estimate of drug-likeness (QED) is 0.716. The van der Waals surface area contributed by atoms with E-state index in [0.717, 1.165) is 38.9 Å². The monoisotopic (exact) mass is 468 g/mol. The number of aromatic nitrogens is 2. The molecule has 1 aromatic heterocycles. The van der Waals surface area contributed by atoms with E-state index in [9.17, 15) is 18.0 Å². The summed E-state index contributed by atoms with van der Waals surface area (Å²) < 4.78 is 39.6.